The summed E-state index contributed by atoms with van der Waals surface area (Å²) in [7, 11) is 0. The van der Waals surface area contributed by atoms with Crippen molar-refractivity contribution in [2.45, 2.75) is 13.8 Å². The standard InChI is InChI=1S/C16H12Br2O5/c1-8-14(22-9(2)20)6-12(17)16(15(8)18)23-11-3-4-13(21)10(5-11)7-19/h3-7,21H,1-2H3. The SMILES string of the molecule is CC(=O)Oc1cc(Br)c(Oc2ccc(O)c(C=O)c2)c(Br)c1C. The number of halogens is 2. The van der Waals surface area contributed by atoms with Crippen molar-refractivity contribution in [3.63, 3.8) is 0 Å². The number of aromatic hydroxyl groups is 1. The predicted molar refractivity (Wildman–Crippen MR) is 91.5 cm³/mol. The fraction of sp³-hybridized carbons (Fsp3) is 0.125. The van der Waals surface area contributed by atoms with Gasteiger partial charge in [-0.2, -0.15) is 0 Å². The topological polar surface area (TPSA) is 72.8 Å². The van der Waals surface area contributed by atoms with Crippen LogP contribution in [0.15, 0.2) is 33.2 Å². The van der Waals surface area contributed by atoms with Crippen LogP contribution in [0.3, 0.4) is 0 Å². The molecule has 7 heteroatoms. The molecule has 5 nitrogen and oxygen atoms in total. The van der Waals surface area contributed by atoms with E-state index in [2.05, 4.69) is 31.9 Å². The normalized spacial score (nSPS) is 10.3. The first-order chi connectivity index (χ1) is 10.8. The van der Waals surface area contributed by atoms with Crippen LogP contribution in [0.4, 0.5) is 0 Å². The average molecular weight is 444 g/mol. The van der Waals surface area contributed by atoms with Crippen LogP contribution in [-0.4, -0.2) is 17.4 Å². The Bertz CT molecular complexity index is 787. The molecule has 0 bridgehead atoms. The van der Waals surface area contributed by atoms with Gasteiger partial charge in [0, 0.05) is 12.5 Å². The maximum Gasteiger partial charge on any atom is 0.308 e. The van der Waals surface area contributed by atoms with Crippen molar-refractivity contribution in [2.24, 2.45) is 0 Å². The third-order valence-electron chi connectivity index (χ3n) is 2.97. The Morgan fingerprint density at radius 1 is 1.26 bits per heavy atom. The van der Waals surface area contributed by atoms with Crippen LogP contribution >= 0.6 is 31.9 Å². The summed E-state index contributed by atoms with van der Waals surface area (Å²) in [5, 5.41) is 9.52. The number of aldehydes is 1. The van der Waals surface area contributed by atoms with Crippen LogP contribution in [0.25, 0.3) is 0 Å². The van der Waals surface area contributed by atoms with Gasteiger partial charge in [0.15, 0.2) is 12.0 Å². The zero-order valence-electron chi connectivity index (χ0n) is 12.2. The van der Waals surface area contributed by atoms with Gasteiger partial charge in [0.2, 0.25) is 0 Å². The molecular weight excluding hydrogens is 432 g/mol. The van der Waals surface area contributed by atoms with Crippen molar-refractivity contribution in [2.75, 3.05) is 0 Å². The van der Waals surface area contributed by atoms with E-state index in [0.29, 0.717) is 38.0 Å². The molecule has 0 aliphatic carbocycles. The number of ether oxygens (including phenoxy) is 2. The Morgan fingerprint density at radius 2 is 1.96 bits per heavy atom. The number of benzene rings is 2. The van der Waals surface area contributed by atoms with E-state index < -0.39 is 5.97 Å². The summed E-state index contributed by atoms with van der Waals surface area (Å²) >= 11 is 6.78. The summed E-state index contributed by atoms with van der Waals surface area (Å²) in [4.78, 5) is 22.0. The Hall–Kier alpha value is -1.86. The maximum atomic E-state index is 11.1. The first-order valence-electron chi connectivity index (χ1n) is 6.46. The minimum Gasteiger partial charge on any atom is -0.507 e. The molecule has 0 spiro atoms. The van der Waals surface area contributed by atoms with Crippen molar-refractivity contribution >= 4 is 44.1 Å². The lowest BCUT2D eigenvalue weighted by atomic mass is 10.2. The molecule has 2 aromatic rings. The molecule has 0 fully saturated rings. The van der Waals surface area contributed by atoms with Gasteiger partial charge in [0.25, 0.3) is 0 Å². The van der Waals surface area contributed by atoms with E-state index in [-0.39, 0.29) is 11.3 Å². The van der Waals surface area contributed by atoms with Crippen molar-refractivity contribution in [3.05, 3.63) is 44.3 Å². The van der Waals surface area contributed by atoms with E-state index in [9.17, 15) is 14.7 Å². The summed E-state index contributed by atoms with van der Waals surface area (Å²) in [6.45, 7) is 3.10. The van der Waals surface area contributed by atoms with Gasteiger partial charge in [-0.05, 0) is 63.0 Å². The van der Waals surface area contributed by atoms with Gasteiger partial charge in [-0.15, -0.1) is 0 Å². The Labute approximate surface area is 149 Å². The first-order valence-corrected chi connectivity index (χ1v) is 8.05. The lowest BCUT2D eigenvalue weighted by Gasteiger charge is -2.15. The maximum absolute atomic E-state index is 11.1. The minimum absolute atomic E-state index is 0.119. The van der Waals surface area contributed by atoms with E-state index in [1.54, 1.807) is 13.0 Å². The monoisotopic (exact) mass is 442 g/mol. The second-order valence-electron chi connectivity index (χ2n) is 4.66. The average Bonchev–Trinajstić information content (AvgIpc) is 2.50. The summed E-state index contributed by atoms with van der Waals surface area (Å²) in [5.74, 6) is 0.705. The molecule has 0 atom stereocenters. The fourth-order valence-corrected chi connectivity index (χ4v) is 3.08. The highest BCUT2D eigenvalue weighted by Gasteiger charge is 2.17. The minimum atomic E-state index is -0.422. The van der Waals surface area contributed by atoms with E-state index in [1.807, 2.05) is 0 Å². The second kappa shape index (κ2) is 7.14. The van der Waals surface area contributed by atoms with E-state index in [4.69, 9.17) is 9.47 Å². The molecule has 0 unspecified atom stereocenters. The Kier molecular flexibility index (Phi) is 5.43. The van der Waals surface area contributed by atoms with E-state index >= 15 is 0 Å². The summed E-state index contributed by atoms with van der Waals surface area (Å²) in [6, 6.07) is 5.96. The van der Waals surface area contributed by atoms with E-state index in [1.165, 1.54) is 25.1 Å². The molecule has 1 N–H and O–H groups in total. The molecule has 0 saturated carbocycles. The molecule has 0 aromatic heterocycles. The number of carbonyl (C=O) groups excluding carboxylic acids is 2. The number of esters is 1. The van der Waals surface area contributed by atoms with Crippen LogP contribution in [0.2, 0.25) is 0 Å². The summed E-state index contributed by atoms with van der Waals surface area (Å²) < 4.78 is 12.1. The zero-order valence-corrected chi connectivity index (χ0v) is 15.4. The molecule has 2 rings (SSSR count). The molecule has 0 amide bonds. The van der Waals surface area contributed by atoms with Gasteiger partial charge >= 0.3 is 5.97 Å². The smallest absolute Gasteiger partial charge is 0.308 e. The van der Waals surface area contributed by atoms with Crippen molar-refractivity contribution in [1.29, 1.82) is 0 Å². The lowest BCUT2D eigenvalue weighted by Crippen LogP contribution is -2.03. The highest BCUT2D eigenvalue weighted by molar-refractivity contribution is 9.11. The van der Waals surface area contributed by atoms with Crippen LogP contribution in [-0.2, 0) is 4.79 Å². The predicted octanol–water partition coefficient (Wildman–Crippen LogP) is 4.76. The van der Waals surface area contributed by atoms with Crippen molar-refractivity contribution in [1.82, 2.24) is 0 Å². The molecule has 120 valence electrons. The number of rotatable bonds is 4. The number of phenols is 1. The molecule has 2 aromatic carbocycles. The van der Waals surface area contributed by atoms with Crippen LogP contribution in [0, 0.1) is 6.92 Å². The van der Waals surface area contributed by atoms with Gasteiger partial charge in [-0.3, -0.25) is 9.59 Å². The van der Waals surface area contributed by atoms with Gasteiger partial charge in [-0.25, -0.2) is 0 Å². The Balaban J connectivity index is 2.42. The summed E-state index contributed by atoms with van der Waals surface area (Å²) in [6.07, 6.45) is 0.543. The number of hydrogen-bond donors (Lipinski definition) is 1. The zero-order chi connectivity index (χ0) is 17.1. The van der Waals surface area contributed by atoms with Gasteiger partial charge in [0.1, 0.15) is 17.2 Å². The quantitative estimate of drug-likeness (QED) is 0.419. The molecule has 0 aliphatic rings. The first kappa shape index (κ1) is 17.5. The van der Waals surface area contributed by atoms with Crippen molar-refractivity contribution in [3.8, 4) is 23.0 Å². The third-order valence-corrected chi connectivity index (χ3v) is 4.52. The van der Waals surface area contributed by atoms with Crippen LogP contribution in [0.1, 0.15) is 22.8 Å². The van der Waals surface area contributed by atoms with Gasteiger partial charge in [-0.1, -0.05) is 0 Å². The largest absolute Gasteiger partial charge is 0.507 e. The molecule has 23 heavy (non-hydrogen) atoms. The number of carbonyl (C=O) groups is 2. The lowest BCUT2D eigenvalue weighted by molar-refractivity contribution is -0.131. The highest BCUT2D eigenvalue weighted by atomic mass is 79.9. The fourth-order valence-electron chi connectivity index (χ4n) is 1.83. The number of hydrogen-bond acceptors (Lipinski definition) is 5. The van der Waals surface area contributed by atoms with Crippen LogP contribution in [0.5, 0.6) is 23.0 Å². The Morgan fingerprint density at radius 3 is 2.57 bits per heavy atom. The molecular formula is C16H12Br2O5. The number of phenolic OH excluding ortho intramolecular Hbond substituents is 1. The third kappa shape index (κ3) is 3.92. The molecule has 0 radical (unpaired) electrons. The molecule has 0 aliphatic heterocycles. The van der Waals surface area contributed by atoms with Crippen molar-refractivity contribution < 1.29 is 24.2 Å². The molecule has 0 saturated heterocycles. The second-order valence-corrected chi connectivity index (χ2v) is 6.31. The summed E-state index contributed by atoms with van der Waals surface area (Å²) in [5.41, 5.74) is 0.816. The van der Waals surface area contributed by atoms with Gasteiger partial charge in [0.05, 0.1) is 14.5 Å². The molecule has 0 heterocycles. The van der Waals surface area contributed by atoms with E-state index in [0.717, 1.165) is 0 Å². The highest BCUT2D eigenvalue weighted by Crippen LogP contribution is 2.43. The van der Waals surface area contributed by atoms with Gasteiger partial charge < -0.3 is 14.6 Å². The van der Waals surface area contributed by atoms with Crippen LogP contribution < -0.4 is 9.47 Å².